The highest BCUT2D eigenvalue weighted by molar-refractivity contribution is 6.19. The van der Waals surface area contributed by atoms with Gasteiger partial charge >= 0.3 is 0 Å². The third-order valence-corrected chi connectivity index (χ3v) is 4.10. The lowest BCUT2D eigenvalue weighted by molar-refractivity contribution is 0.623. The average Bonchev–Trinajstić information content (AvgIpc) is 2.87. The second kappa shape index (κ2) is 4.63. The van der Waals surface area contributed by atoms with E-state index in [0.717, 1.165) is 17.6 Å². The molecule has 4 aromatic rings. The van der Waals surface area contributed by atoms with Crippen LogP contribution in [0.3, 0.4) is 0 Å². The minimum absolute atomic E-state index is 0.626. The van der Waals surface area contributed by atoms with Gasteiger partial charge in [-0.2, -0.15) is 0 Å². The highest BCUT2D eigenvalue weighted by Gasteiger charge is 2.13. The van der Waals surface area contributed by atoms with Crippen molar-refractivity contribution < 1.29 is 4.42 Å². The van der Waals surface area contributed by atoms with E-state index in [0.29, 0.717) is 5.92 Å². The van der Waals surface area contributed by atoms with Gasteiger partial charge in [0.2, 0.25) is 0 Å². The van der Waals surface area contributed by atoms with E-state index in [1.54, 1.807) is 0 Å². The number of fused-ring (bicyclic) bond motifs is 5. The molecule has 4 rings (SSSR count). The van der Waals surface area contributed by atoms with E-state index in [9.17, 15) is 0 Å². The van der Waals surface area contributed by atoms with Crippen molar-refractivity contribution in [1.29, 1.82) is 0 Å². The third-order valence-electron chi connectivity index (χ3n) is 4.10. The molecule has 0 radical (unpaired) electrons. The van der Waals surface area contributed by atoms with E-state index in [4.69, 9.17) is 4.42 Å². The van der Waals surface area contributed by atoms with Gasteiger partial charge < -0.3 is 4.42 Å². The fourth-order valence-electron chi connectivity index (χ4n) is 3.23. The summed E-state index contributed by atoms with van der Waals surface area (Å²) in [5.41, 5.74) is 3.35. The minimum Gasteiger partial charge on any atom is -0.456 e. The van der Waals surface area contributed by atoms with Crippen LogP contribution in [0.15, 0.2) is 59.0 Å². The average molecular weight is 274 g/mol. The Hall–Kier alpha value is -2.28. The number of rotatable bonds is 2. The van der Waals surface area contributed by atoms with Gasteiger partial charge in [0.05, 0.1) is 0 Å². The topological polar surface area (TPSA) is 13.1 Å². The molecule has 0 N–H and O–H groups in total. The fraction of sp³-hybridized carbons (Fsp3) is 0.200. The Kier molecular flexibility index (Phi) is 2.75. The van der Waals surface area contributed by atoms with Crippen molar-refractivity contribution in [2.24, 2.45) is 5.92 Å². The third kappa shape index (κ3) is 1.92. The Morgan fingerprint density at radius 3 is 2.52 bits per heavy atom. The van der Waals surface area contributed by atoms with E-state index in [1.165, 1.54) is 27.1 Å². The van der Waals surface area contributed by atoms with Crippen molar-refractivity contribution in [2.45, 2.75) is 20.3 Å². The van der Waals surface area contributed by atoms with Crippen LogP contribution in [0.1, 0.15) is 19.4 Å². The van der Waals surface area contributed by atoms with E-state index >= 15 is 0 Å². The minimum atomic E-state index is 0.626. The van der Waals surface area contributed by atoms with Crippen LogP contribution in [0.25, 0.3) is 32.7 Å². The van der Waals surface area contributed by atoms with E-state index in [-0.39, 0.29) is 0 Å². The number of benzene rings is 3. The Morgan fingerprint density at radius 1 is 0.857 bits per heavy atom. The van der Waals surface area contributed by atoms with E-state index in [2.05, 4.69) is 68.4 Å². The summed E-state index contributed by atoms with van der Waals surface area (Å²) >= 11 is 0. The molecule has 1 heterocycles. The summed E-state index contributed by atoms with van der Waals surface area (Å²) in [7, 11) is 0. The summed E-state index contributed by atoms with van der Waals surface area (Å²) in [6.07, 6.45) is 1.05. The maximum absolute atomic E-state index is 6.19. The summed E-state index contributed by atoms with van der Waals surface area (Å²) in [5.74, 6) is 0.626. The molecule has 0 atom stereocenters. The van der Waals surface area contributed by atoms with Crippen molar-refractivity contribution >= 4 is 32.7 Å². The van der Waals surface area contributed by atoms with Gasteiger partial charge in [-0.15, -0.1) is 0 Å². The molecule has 104 valence electrons. The maximum atomic E-state index is 6.19. The summed E-state index contributed by atoms with van der Waals surface area (Å²) in [6, 6.07) is 19.3. The first-order valence-corrected chi connectivity index (χ1v) is 7.56. The largest absolute Gasteiger partial charge is 0.456 e. The van der Waals surface area contributed by atoms with Crippen LogP contribution in [0, 0.1) is 5.92 Å². The van der Waals surface area contributed by atoms with Crippen LogP contribution in [0.2, 0.25) is 0 Å². The molecule has 1 aromatic heterocycles. The van der Waals surface area contributed by atoms with Gasteiger partial charge in [0.25, 0.3) is 0 Å². The van der Waals surface area contributed by atoms with Gasteiger partial charge in [0, 0.05) is 10.8 Å². The molecule has 1 heteroatoms. The number of hydrogen-bond donors (Lipinski definition) is 0. The molecular formula is C20H18O. The number of furan rings is 1. The molecule has 0 aliphatic rings. The smallest absolute Gasteiger partial charge is 0.138 e. The van der Waals surface area contributed by atoms with Gasteiger partial charge in [0.15, 0.2) is 0 Å². The molecule has 21 heavy (non-hydrogen) atoms. The van der Waals surface area contributed by atoms with E-state index < -0.39 is 0 Å². The van der Waals surface area contributed by atoms with Crippen LogP contribution in [0.5, 0.6) is 0 Å². The molecule has 0 bridgehead atoms. The molecule has 0 unspecified atom stereocenters. The lowest BCUT2D eigenvalue weighted by Crippen LogP contribution is -1.93. The summed E-state index contributed by atoms with van der Waals surface area (Å²) in [5, 5.41) is 5.02. The Bertz CT molecular complexity index is 944. The van der Waals surface area contributed by atoms with Crippen LogP contribution >= 0.6 is 0 Å². The standard InChI is InChI=1S/C20H18O/c1-13(2)12-15-7-5-9-17-19-16-8-4-3-6-14(16)10-11-18(19)21-20(15)17/h3-11,13H,12H2,1-2H3. The van der Waals surface area contributed by atoms with E-state index in [1.807, 2.05) is 0 Å². The van der Waals surface area contributed by atoms with Crippen molar-refractivity contribution in [2.75, 3.05) is 0 Å². The van der Waals surface area contributed by atoms with Crippen LogP contribution < -0.4 is 0 Å². The highest BCUT2D eigenvalue weighted by atomic mass is 16.3. The van der Waals surface area contributed by atoms with Gasteiger partial charge in [-0.05, 0) is 34.7 Å². The zero-order valence-electron chi connectivity index (χ0n) is 12.4. The molecule has 0 saturated heterocycles. The monoisotopic (exact) mass is 274 g/mol. The lowest BCUT2D eigenvalue weighted by Gasteiger charge is -2.05. The lowest BCUT2D eigenvalue weighted by atomic mass is 9.99. The molecule has 0 spiro atoms. The first-order chi connectivity index (χ1) is 10.2. The molecule has 0 aliphatic heterocycles. The van der Waals surface area contributed by atoms with Gasteiger partial charge in [-0.1, -0.05) is 62.4 Å². The first-order valence-electron chi connectivity index (χ1n) is 7.56. The number of hydrogen-bond acceptors (Lipinski definition) is 1. The summed E-state index contributed by atoms with van der Waals surface area (Å²) in [6.45, 7) is 4.49. The highest BCUT2D eigenvalue weighted by Crippen LogP contribution is 2.36. The summed E-state index contributed by atoms with van der Waals surface area (Å²) < 4.78 is 6.19. The molecule has 0 saturated carbocycles. The number of para-hydroxylation sites is 1. The van der Waals surface area contributed by atoms with Crippen molar-refractivity contribution in [1.82, 2.24) is 0 Å². The Morgan fingerprint density at radius 2 is 1.67 bits per heavy atom. The molecule has 1 nitrogen and oxygen atoms in total. The van der Waals surface area contributed by atoms with Crippen LogP contribution in [-0.2, 0) is 6.42 Å². The second-order valence-electron chi connectivity index (χ2n) is 6.15. The predicted octanol–water partition coefficient (Wildman–Crippen LogP) is 5.94. The zero-order valence-corrected chi connectivity index (χ0v) is 12.4. The molecule has 0 fully saturated rings. The van der Waals surface area contributed by atoms with Crippen LogP contribution in [0.4, 0.5) is 0 Å². The van der Waals surface area contributed by atoms with Crippen molar-refractivity contribution in [3.63, 3.8) is 0 Å². The summed E-state index contributed by atoms with van der Waals surface area (Å²) in [4.78, 5) is 0. The Labute approximate surface area is 124 Å². The predicted molar refractivity (Wildman–Crippen MR) is 89.8 cm³/mol. The normalized spacial score (nSPS) is 12.0. The SMILES string of the molecule is CC(C)Cc1cccc2c1oc1ccc3ccccc3c12. The van der Waals surface area contributed by atoms with Crippen LogP contribution in [-0.4, -0.2) is 0 Å². The Balaban J connectivity index is 2.14. The fourth-order valence-corrected chi connectivity index (χ4v) is 3.23. The van der Waals surface area contributed by atoms with Crippen molar-refractivity contribution in [3.05, 3.63) is 60.2 Å². The van der Waals surface area contributed by atoms with Gasteiger partial charge in [-0.25, -0.2) is 0 Å². The molecule has 0 aliphatic carbocycles. The first kappa shape index (κ1) is 12.5. The quantitative estimate of drug-likeness (QED) is 0.441. The van der Waals surface area contributed by atoms with Crippen molar-refractivity contribution in [3.8, 4) is 0 Å². The van der Waals surface area contributed by atoms with Gasteiger partial charge in [-0.3, -0.25) is 0 Å². The van der Waals surface area contributed by atoms with Gasteiger partial charge in [0.1, 0.15) is 11.2 Å². The molecular weight excluding hydrogens is 256 g/mol. The zero-order chi connectivity index (χ0) is 14.4. The molecule has 3 aromatic carbocycles. The maximum Gasteiger partial charge on any atom is 0.138 e. The molecule has 0 amide bonds. The second-order valence-corrected chi connectivity index (χ2v) is 6.15.